The number of benzene rings is 1. The second kappa shape index (κ2) is 7.49. The number of hydrogen-bond acceptors (Lipinski definition) is 4. The van der Waals surface area contributed by atoms with E-state index in [4.69, 9.17) is 9.47 Å². The highest BCUT2D eigenvalue weighted by molar-refractivity contribution is 5.94. The van der Waals surface area contributed by atoms with Crippen LogP contribution in [0.1, 0.15) is 38.1 Å². The fourth-order valence-corrected chi connectivity index (χ4v) is 2.99. The Bertz CT molecular complexity index is 582. The number of hydrogen-bond donors (Lipinski definition) is 1. The third-order valence-electron chi connectivity index (χ3n) is 4.37. The second-order valence-electron chi connectivity index (χ2n) is 7.01. The number of halogens is 1. The average Bonchev–Trinajstić information content (AvgIpc) is 2.51. The molecule has 1 aromatic carbocycles. The van der Waals surface area contributed by atoms with Crippen LogP contribution < -0.4 is 10.1 Å². The Morgan fingerprint density at radius 1 is 1.38 bits per heavy atom. The fourth-order valence-electron chi connectivity index (χ4n) is 2.99. The first-order valence-corrected chi connectivity index (χ1v) is 8.25. The molecule has 1 aliphatic rings. The number of carbonyl (C=O) groups excluding carboxylic acids is 1. The van der Waals surface area contributed by atoms with Crippen molar-refractivity contribution in [1.82, 2.24) is 10.2 Å². The van der Waals surface area contributed by atoms with Crippen molar-refractivity contribution in [2.24, 2.45) is 0 Å². The molecule has 1 fully saturated rings. The molecule has 24 heavy (non-hydrogen) atoms. The number of nitrogens with zero attached hydrogens (tertiary/aromatic N) is 1. The Morgan fingerprint density at radius 3 is 2.54 bits per heavy atom. The van der Waals surface area contributed by atoms with Gasteiger partial charge < -0.3 is 14.8 Å². The highest BCUT2D eigenvalue weighted by Crippen LogP contribution is 2.21. The molecule has 0 aliphatic carbocycles. The summed E-state index contributed by atoms with van der Waals surface area (Å²) in [4.78, 5) is 14.6. The highest BCUT2D eigenvalue weighted by atomic mass is 19.1. The molecule has 1 amide bonds. The van der Waals surface area contributed by atoms with Gasteiger partial charge in [-0.15, -0.1) is 0 Å². The predicted octanol–water partition coefficient (Wildman–Crippen LogP) is 2.45. The van der Waals surface area contributed by atoms with Crippen LogP contribution in [-0.2, 0) is 4.74 Å². The molecule has 1 aliphatic heterocycles. The van der Waals surface area contributed by atoms with E-state index in [2.05, 4.69) is 37.9 Å². The summed E-state index contributed by atoms with van der Waals surface area (Å²) in [5, 5.41) is 2.90. The summed E-state index contributed by atoms with van der Waals surface area (Å²) in [6.07, 6.45) is 0.332. The van der Waals surface area contributed by atoms with Gasteiger partial charge in [0.1, 0.15) is 0 Å². The van der Waals surface area contributed by atoms with E-state index in [0.717, 1.165) is 13.1 Å². The van der Waals surface area contributed by atoms with E-state index in [9.17, 15) is 9.18 Å². The number of methoxy groups -OCH3 is 1. The summed E-state index contributed by atoms with van der Waals surface area (Å²) in [7, 11) is 1.39. The van der Waals surface area contributed by atoms with Gasteiger partial charge in [-0.2, -0.15) is 0 Å². The van der Waals surface area contributed by atoms with Crippen molar-refractivity contribution in [1.29, 1.82) is 0 Å². The Hall–Kier alpha value is -1.66. The van der Waals surface area contributed by atoms with Gasteiger partial charge in [-0.1, -0.05) is 0 Å². The molecule has 0 aromatic heterocycles. The Morgan fingerprint density at radius 2 is 2.00 bits per heavy atom. The minimum Gasteiger partial charge on any atom is -0.494 e. The molecule has 0 saturated carbocycles. The molecule has 134 valence electrons. The van der Waals surface area contributed by atoms with Gasteiger partial charge in [0.05, 0.1) is 19.3 Å². The van der Waals surface area contributed by atoms with E-state index in [1.54, 1.807) is 6.07 Å². The molecule has 0 radical (unpaired) electrons. The van der Waals surface area contributed by atoms with Crippen molar-refractivity contribution >= 4 is 5.91 Å². The standard InChI is InChI=1S/C18H27FN2O3/c1-12-9-21(10-13(2)24-12)18(3,4)11-20-17(22)14-6-7-16(23-5)15(19)8-14/h6-8,12-13H,9-11H2,1-5H3,(H,20,22)/t12-,13-/m0/s1. The van der Waals surface area contributed by atoms with Gasteiger partial charge in [-0.25, -0.2) is 4.39 Å². The number of morpholine rings is 1. The van der Waals surface area contributed by atoms with Crippen LogP contribution in [0.2, 0.25) is 0 Å². The molecule has 1 heterocycles. The minimum absolute atomic E-state index is 0.128. The van der Waals surface area contributed by atoms with Crippen LogP contribution in [0.4, 0.5) is 4.39 Å². The monoisotopic (exact) mass is 338 g/mol. The van der Waals surface area contributed by atoms with Gasteiger partial charge in [0, 0.05) is 30.7 Å². The fraction of sp³-hybridized carbons (Fsp3) is 0.611. The first kappa shape index (κ1) is 18.7. The average molecular weight is 338 g/mol. The molecule has 0 spiro atoms. The first-order valence-electron chi connectivity index (χ1n) is 8.25. The van der Waals surface area contributed by atoms with E-state index in [0.29, 0.717) is 6.54 Å². The van der Waals surface area contributed by atoms with Crippen molar-refractivity contribution < 1.29 is 18.7 Å². The molecule has 2 atom stereocenters. The Balaban J connectivity index is 1.98. The molecule has 1 saturated heterocycles. The zero-order valence-corrected chi connectivity index (χ0v) is 15.1. The largest absolute Gasteiger partial charge is 0.494 e. The smallest absolute Gasteiger partial charge is 0.251 e. The van der Waals surface area contributed by atoms with Gasteiger partial charge in [0.25, 0.3) is 5.91 Å². The molecule has 6 heteroatoms. The third kappa shape index (κ3) is 4.45. The lowest BCUT2D eigenvalue weighted by Crippen LogP contribution is -2.58. The first-order chi connectivity index (χ1) is 11.2. The molecular weight excluding hydrogens is 311 g/mol. The molecule has 5 nitrogen and oxygen atoms in total. The van der Waals surface area contributed by atoms with Crippen LogP contribution in [0.15, 0.2) is 18.2 Å². The van der Waals surface area contributed by atoms with Crippen LogP contribution in [0.3, 0.4) is 0 Å². The van der Waals surface area contributed by atoms with Gasteiger partial charge in [-0.05, 0) is 45.9 Å². The normalized spacial score (nSPS) is 22.2. The molecule has 0 unspecified atom stereocenters. The molecular formula is C18H27FN2O3. The maximum absolute atomic E-state index is 13.7. The van der Waals surface area contributed by atoms with E-state index < -0.39 is 5.82 Å². The van der Waals surface area contributed by atoms with Gasteiger partial charge >= 0.3 is 0 Å². The SMILES string of the molecule is COc1ccc(C(=O)NCC(C)(C)N2C[C@H](C)O[C@@H](C)C2)cc1F. The lowest BCUT2D eigenvalue weighted by molar-refractivity contribution is -0.0948. The third-order valence-corrected chi connectivity index (χ3v) is 4.37. The van der Waals surface area contributed by atoms with E-state index in [1.807, 2.05) is 0 Å². The minimum atomic E-state index is -0.541. The Labute approximate surface area is 143 Å². The number of amides is 1. The molecule has 1 N–H and O–H groups in total. The van der Waals surface area contributed by atoms with Crippen LogP contribution in [-0.4, -0.2) is 55.3 Å². The Kier molecular flexibility index (Phi) is 5.83. The highest BCUT2D eigenvalue weighted by Gasteiger charge is 2.33. The zero-order chi connectivity index (χ0) is 17.9. The van der Waals surface area contributed by atoms with E-state index >= 15 is 0 Å². The lowest BCUT2D eigenvalue weighted by Gasteiger charge is -2.45. The van der Waals surface area contributed by atoms with E-state index in [-0.39, 0.29) is 35.0 Å². The van der Waals surface area contributed by atoms with Gasteiger partial charge in [0.15, 0.2) is 11.6 Å². The van der Waals surface area contributed by atoms with Crippen molar-refractivity contribution in [3.63, 3.8) is 0 Å². The van der Waals surface area contributed by atoms with Crippen LogP contribution in [0, 0.1) is 5.82 Å². The van der Waals surface area contributed by atoms with Gasteiger partial charge in [0.2, 0.25) is 0 Å². The summed E-state index contributed by atoms with van der Waals surface area (Å²) in [5.74, 6) is -0.706. The van der Waals surface area contributed by atoms with Crippen LogP contribution in [0.5, 0.6) is 5.75 Å². The van der Waals surface area contributed by atoms with E-state index in [1.165, 1.54) is 19.2 Å². The topological polar surface area (TPSA) is 50.8 Å². The maximum Gasteiger partial charge on any atom is 0.251 e. The van der Waals surface area contributed by atoms with Gasteiger partial charge in [-0.3, -0.25) is 9.69 Å². The summed E-state index contributed by atoms with van der Waals surface area (Å²) in [5.41, 5.74) is 0.0697. The van der Waals surface area contributed by atoms with Crippen LogP contribution >= 0.6 is 0 Å². The number of carbonyl (C=O) groups is 1. The summed E-state index contributed by atoms with van der Waals surface area (Å²) in [6.45, 7) is 10.4. The number of rotatable bonds is 5. The zero-order valence-electron chi connectivity index (χ0n) is 15.1. The van der Waals surface area contributed by atoms with Crippen molar-refractivity contribution in [2.75, 3.05) is 26.7 Å². The maximum atomic E-state index is 13.7. The summed E-state index contributed by atoms with van der Waals surface area (Å²) >= 11 is 0. The predicted molar refractivity (Wildman–Crippen MR) is 90.9 cm³/mol. The molecule has 2 rings (SSSR count). The molecule has 0 bridgehead atoms. The van der Waals surface area contributed by atoms with Crippen molar-refractivity contribution in [3.8, 4) is 5.75 Å². The molecule has 1 aromatic rings. The quantitative estimate of drug-likeness (QED) is 0.896. The van der Waals surface area contributed by atoms with Crippen molar-refractivity contribution in [2.45, 2.75) is 45.4 Å². The summed E-state index contributed by atoms with van der Waals surface area (Å²) in [6, 6.07) is 4.21. The lowest BCUT2D eigenvalue weighted by atomic mass is 10.00. The van der Waals surface area contributed by atoms with Crippen LogP contribution in [0.25, 0.3) is 0 Å². The number of ether oxygens (including phenoxy) is 2. The summed E-state index contributed by atoms with van der Waals surface area (Å²) < 4.78 is 24.4. The number of nitrogens with one attached hydrogen (secondary N) is 1. The second-order valence-corrected chi connectivity index (χ2v) is 7.01. The van der Waals surface area contributed by atoms with Crippen molar-refractivity contribution in [3.05, 3.63) is 29.6 Å².